The lowest BCUT2D eigenvalue weighted by Crippen LogP contribution is -2.20. The smallest absolute Gasteiger partial charge is 0.247 e. The van der Waals surface area contributed by atoms with Crippen molar-refractivity contribution < 1.29 is 4.42 Å². The Kier molecular flexibility index (Phi) is 4.71. The van der Waals surface area contributed by atoms with Crippen molar-refractivity contribution >= 4 is 5.69 Å². The molecule has 1 aliphatic heterocycles. The summed E-state index contributed by atoms with van der Waals surface area (Å²) in [5, 5.41) is 8.52. The van der Waals surface area contributed by atoms with Gasteiger partial charge in [-0.05, 0) is 42.8 Å². The van der Waals surface area contributed by atoms with Gasteiger partial charge in [0.1, 0.15) is 0 Å². The molecule has 3 aromatic rings. The van der Waals surface area contributed by atoms with Gasteiger partial charge in [-0.2, -0.15) is 0 Å². The van der Waals surface area contributed by atoms with Gasteiger partial charge in [0.15, 0.2) is 0 Å². The van der Waals surface area contributed by atoms with Gasteiger partial charge in [0.2, 0.25) is 11.8 Å². The van der Waals surface area contributed by atoms with Crippen LogP contribution >= 0.6 is 0 Å². The molecular formula is C21H24N4O. The van der Waals surface area contributed by atoms with Crippen LogP contribution in [0, 0.1) is 0 Å². The summed E-state index contributed by atoms with van der Waals surface area (Å²) in [5.41, 5.74) is 3.54. The average Bonchev–Trinajstić information content (AvgIpc) is 3.32. The molecular weight excluding hydrogens is 324 g/mol. The van der Waals surface area contributed by atoms with Crippen LogP contribution < -0.4 is 4.90 Å². The Morgan fingerprint density at radius 3 is 2.54 bits per heavy atom. The van der Waals surface area contributed by atoms with Crippen LogP contribution in [0.25, 0.3) is 11.5 Å². The zero-order valence-corrected chi connectivity index (χ0v) is 15.3. The molecule has 4 rings (SSSR count). The average molecular weight is 348 g/mol. The zero-order valence-electron chi connectivity index (χ0n) is 15.3. The summed E-state index contributed by atoms with van der Waals surface area (Å²) in [4.78, 5) is 4.58. The summed E-state index contributed by atoms with van der Waals surface area (Å²) in [6.45, 7) is 2.99. The first-order valence-corrected chi connectivity index (χ1v) is 9.06. The highest BCUT2D eigenvalue weighted by molar-refractivity contribution is 5.51. The molecule has 0 bridgehead atoms. The minimum absolute atomic E-state index is 0.320. The largest absolute Gasteiger partial charge is 0.420 e. The van der Waals surface area contributed by atoms with E-state index in [0.29, 0.717) is 11.8 Å². The predicted octanol–water partition coefficient (Wildman–Crippen LogP) is 3.79. The van der Waals surface area contributed by atoms with E-state index in [9.17, 15) is 0 Å². The SMILES string of the molecule is CN(C)c1ccc(CN2CCC(c3nnc(-c4ccccc4)o3)C2)cc1. The van der Waals surface area contributed by atoms with Gasteiger partial charge < -0.3 is 9.32 Å². The molecule has 5 heteroatoms. The first kappa shape index (κ1) is 16.8. The molecule has 2 aromatic carbocycles. The maximum Gasteiger partial charge on any atom is 0.247 e. The third-order valence-corrected chi connectivity index (χ3v) is 4.94. The minimum Gasteiger partial charge on any atom is -0.420 e. The van der Waals surface area contributed by atoms with Gasteiger partial charge in [-0.1, -0.05) is 30.3 Å². The molecule has 1 atom stereocenters. The van der Waals surface area contributed by atoms with Crippen molar-refractivity contribution in [3.63, 3.8) is 0 Å². The number of rotatable bonds is 5. The molecule has 0 spiro atoms. The Labute approximate surface area is 154 Å². The molecule has 134 valence electrons. The van der Waals surface area contributed by atoms with Gasteiger partial charge >= 0.3 is 0 Å². The third kappa shape index (κ3) is 3.63. The summed E-state index contributed by atoms with van der Waals surface area (Å²) >= 11 is 0. The highest BCUT2D eigenvalue weighted by Crippen LogP contribution is 2.29. The fourth-order valence-electron chi connectivity index (χ4n) is 3.43. The molecule has 1 aromatic heterocycles. The van der Waals surface area contributed by atoms with Crippen LogP contribution in [0.2, 0.25) is 0 Å². The molecule has 0 N–H and O–H groups in total. The molecule has 1 unspecified atom stereocenters. The molecule has 0 saturated carbocycles. The maximum atomic E-state index is 5.94. The fraction of sp³-hybridized carbons (Fsp3) is 0.333. The molecule has 0 amide bonds. The van der Waals surface area contributed by atoms with Crippen molar-refractivity contribution in [1.29, 1.82) is 0 Å². The molecule has 2 heterocycles. The first-order valence-electron chi connectivity index (χ1n) is 9.06. The van der Waals surface area contributed by atoms with E-state index in [0.717, 1.165) is 37.5 Å². The van der Waals surface area contributed by atoms with Crippen molar-refractivity contribution in [3.8, 4) is 11.5 Å². The number of anilines is 1. The predicted molar refractivity (Wildman–Crippen MR) is 103 cm³/mol. The Bertz CT molecular complexity index is 842. The molecule has 1 aliphatic rings. The molecule has 0 aliphatic carbocycles. The topological polar surface area (TPSA) is 45.4 Å². The third-order valence-electron chi connectivity index (χ3n) is 4.94. The number of nitrogens with zero attached hydrogens (tertiary/aromatic N) is 4. The van der Waals surface area contributed by atoms with Gasteiger partial charge in [-0.15, -0.1) is 10.2 Å². The Morgan fingerprint density at radius 2 is 1.81 bits per heavy atom. The summed E-state index contributed by atoms with van der Waals surface area (Å²) in [6.07, 6.45) is 1.06. The molecule has 1 fully saturated rings. The van der Waals surface area contributed by atoms with Crippen LogP contribution in [-0.2, 0) is 6.54 Å². The van der Waals surface area contributed by atoms with Gasteiger partial charge in [0, 0.05) is 38.4 Å². The number of benzene rings is 2. The Balaban J connectivity index is 1.39. The van der Waals surface area contributed by atoms with Crippen molar-refractivity contribution in [2.75, 3.05) is 32.1 Å². The summed E-state index contributed by atoms with van der Waals surface area (Å²) in [5.74, 6) is 1.69. The van der Waals surface area contributed by atoms with Crippen LogP contribution in [0.1, 0.15) is 23.8 Å². The standard InChI is InChI=1S/C21H24N4O/c1-24(2)19-10-8-16(9-11-19)14-25-13-12-18(15-25)21-23-22-20(26-21)17-6-4-3-5-7-17/h3-11,18H,12-15H2,1-2H3. The van der Waals surface area contributed by atoms with E-state index in [1.807, 2.05) is 30.3 Å². The zero-order chi connectivity index (χ0) is 17.9. The van der Waals surface area contributed by atoms with Gasteiger partial charge in [-0.25, -0.2) is 0 Å². The first-order chi connectivity index (χ1) is 12.7. The highest BCUT2D eigenvalue weighted by atomic mass is 16.4. The van der Waals surface area contributed by atoms with E-state index in [4.69, 9.17) is 4.42 Å². The monoisotopic (exact) mass is 348 g/mol. The van der Waals surface area contributed by atoms with Crippen molar-refractivity contribution in [2.24, 2.45) is 0 Å². The van der Waals surface area contributed by atoms with E-state index >= 15 is 0 Å². The van der Waals surface area contributed by atoms with Crippen molar-refractivity contribution in [1.82, 2.24) is 15.1 Å². The maximum absolute atomic E-state index is 5.94. The van der Waals surface area contributed by atoms with Gasteiger partial charge in [-0.3, -0.25) is 4.90 Å². The van der Waals surface area contributed by atoms with Crippen LogP contribution in [0.4, 0.5) is 5.69 Å². The van der Waals surface area contributed by atoms with E-state index < -0.39 is 0 Å². The molecule has 0 radical (unpaired) electrons. The van der Waals surface area contributed by atoms with E-state index in [1.54, 1.807) is 0 Å². The normalized spacial score (nSPS) is 17.5. The Morgan fingerprint density at radius 1 is 1.04 bits per heavy atom. The number of hydrogen-bond acceptors (Lipinski definition) is 5. The molecule has 1 saturated heterocycles. The molecule has 26 heavy (non-hydrogen) atoms. The lowest BCUT2D eigenvalue weighted by Gasteiger charge is -2.17. The van der Waals surface area contributed by atoms with Gasteiger partial charge in [0.25, 0.3) is 0 Å². The lowest BCUT2D eigenvalue weighted by atomic mass is 10.1. The fourth-order valence-corrected chi connectivity index (χ4v) is 3.43. The van der Waals surface area contributed by atoms with Gasteiger partial charge in [0.05, 0.1) is 5.92 Å². The second-order valence-electron chi connectivity index (χ2n) is 7.09. The number of aromatic nitrogens is 2. The summed E-state index contributed by atoms with van der Waals surface area (Å²) in [7, 11) is 4.13. The van der Waals surface area contributed by atoms with Crippen LogP contribution in [0.15, 0.2) is 59.0 Å². The molecule has 5 nitrogen and oxygen atoms in total. The van der Waals surface area contributed by atoms with Crippen molar-refractivity contribution in [2.45, 2.75) is 18.9 Å². The van der Waals surface area contributed by atoms with E-state index in [-0.39, 0.29) is 0 Å². The number of hydrogen-bond donors (Lipinski definition) is 0. The van der Waals surface area contributed by atoms with Crippen LogP contribution in [0.3, 0.4) is 0 Å². The number of likely N-dealkylation sites (tertiary alicyclic amines) is 1. The van der Waals surface area contributed by atoms with Crippen LogP contribution in [-0.4, -0.2) is 42.3 Å². The van der Waals surface area contributed by atoms with E-state index in [1.165, 1.54) is 11.3 Å². The summed E-state index contributed by atoms with van der Waals surface area (Å²) in [6, 6.07) is 18.7. The second-order valence-corrected chi connectivity index (χ2v) is 7.09. The summed E-state index contributed by atoms with van der Waals surface area (Å²) < 4.78 is 5.94. The lowest BCUT2D eigenvalue weighted by molar-refractivity contribution is 0.320. The second kappa shape index (κ2) is 7.30. The highest BCUT2D eigenvalue weighted by Gasteiger charge is 2.28. The minimum atomic E-state index is 0.320. The quantitative estimate of drug-likeness (QED) is 0.702. The van der Waals surface area contributed by atoms with Crippen LogP contribution in [0.5, 0.6) is 0 Å². The van der Waals surface area contributed by atoms with E-state index in [2.05, 4.69) is 58.4 Å². The Hall–Kier alpha value is -2.66. The van der Waals surface area contributed by atoms with Crippen molar-refractivity contribution in [3.05, 3.63) is 66.1 Å².